The Morgan fingerprint density at radius 3 is 0.974 bits per heavy atom. The summed E-state index contributed by atoms with van der Waals surface area (Å²) in [6.45, 7) is 13.9. The number of benzene rings is 1. The molecule has 0 aliphatic carbocycles. The van der Waals surface area contributed by atoms with E-state index in [0.717, 1.165) is 57.8 Å². The molecule has 0 spiro atoms. The second kappa shape index (κ2) is 32.0. The number of carboxylic acids is 3. The molecule has 6 nitrogen and oxygen atoms in total. The molecule has 0 saturated carbocycles. The van der Waals surface area contributed by atoms with E-state index in [1.165, 1.54) is 5.56 Å². The Bertz CT molecular complexity index is 604. The molecule has 7 heteroatoms. The van der Waals surface area contributed by atoms with Gasteiger partial charge in [-0.25, -0.2) is 0 Å². The van der Waals surface area contributed by atoms with Crippen LogP contribution in [-0.4, -0.2) is 17.9 Å². The predicted octanol–water partition coefficient (Wildman–Crippen LogP) is 4.85. The molecule has 3 unspecified atom stereocenters. The van der Waals surface area contributed by atoms with Gasteiger partial charge in [-0.1, -0.05) is 116 Å². The SMILES string of the molecule is CCCCC(CC)C(=O)[O-].CCCCC(CC)C(=O)[O-].CCCCC(CC)C(=O)[O-].Cc1ccccc1.[La+3]. The molecule has 0 saturated heterocycles. The summed E-state index contributed by atoms with van der Waals surface area (Å²) >= 11 is 0. The van der Waals surface area contributed by atoms with Crippen LogP contribution in [0.3, 0.4) is 0 Å². The molecule has 3 atom stereocenters. The van der Waals surface area contributed by atoms with E-state index in [1.54, 1.807) is 0 Å². The molecule has 0 aliphatic heterocycles. The summed E-state index contributed by atoms with van der Waals surface area (Å²) in [5.41, 5.74) is 1.32. The molecular weight excluding hydrogens is 607 g/mol. The van der Waals surface area contributed by atoms with Gasteiger partial charge in [-0.3, -0.25) is 0 Å². The van der Waals surface area contributed by atoms with Gasteiger partial charge in [0.25, 0.3) is 0 Å². The minimum Gasteiger partial charge on any atom is -0.550 e. The number of hydrogen-bond acceptors (Lipinski definition) is 6. The van der Waals surface area contributed by atoms with Crippen molar-refractivity contribution in [3.63, 3.8) is 0 Å². The van der Waals surface area contributed by atoms with Gasteiger partial charge < -0.3 is 29.7 Å². The van der Waals surface area contributed by atoms with Crippen LogP contribution in [0.15, 0.2) is 30.3 Å². The summed E-state index contributed by atoms with van der Waals surface area (Å²) in [4.78, 5) is 31.0. The number of aliphatic carboxylic acids is 3. The van der Waals surface area contributed by atoms with Crippen LogP contribution >= 0.6 is 0 Å². The van der Waals surface area contributed by atoms with Crippen LogP contribution in [0, 0.1) is 60.3 Å². The number of carbonyl (C=O) groups is 3. The Balaban J connectivity index is -0.000000202. The molecule has 0 aromatic heterocycles. The van der Waals surface area contributed by atoms with Crippen LogP contribution in [0.1, 0.15) is 124 Å². The third-order valence-corrected chi connectivity index (χ3v) is 6.14. The fourth-order valence-corrected chi connectivity index (χ4v) is 3.35. The Morgan fingerprint density at radius 1 is 0.579 bits per heavy atom. The van der Waals surface area contributed by atoms with E-state index < -0.39 is 17.9 Å². The van der Waals surface area contributed by atoms with Gasteiger partial charge in [-0.15, -0.1) is 0 Å². The van der Waals surface area contributed by atoms with Gasteiger partial charge in [0.1, 0.15) is 0 Å². The van der Waals surface area contributed by atoms with Gasteiger partial charge in [-0.2, -0.15) is 0 Å². The van der Waals surface area contributed by atoms with Crippen LogP contribution < -0.4 is 15.3 Å². The smallest absolute Gasteiger partial charge is 0.550 e. The van der Waals surface area contributed by atoms with Crippen LogP contribution in [0.4, 0.5) is 0 Å². The predicted molar refractivity (Wildman–Crippen MR) is 146 cm³/mol. The normalized spacial score (nSPS) is 11.9. The molecule has 0 heterocycles. The molecule has 0 aliphatic rings. The Morgan fingerprint density at radius 2 is 0.842 bits per heavy atom. The first kappa shape index (κ1) is 43.9. The Kier molecular flexibility index (Phi) is 37.0. The van der Waals surface area contributed by atoms with Crippen molar-refractivity contribution in [3.05, 3.63) is 35.9 Å². The zero-order valence-corrected chi connectivity index (χ0v) is 28.8. The van der Waals surface area contributed by atoms with Crippen LogP contribution in [0.5, 0.6) is 0 Å². The summed E-state index contributed by atoms with van der Waals surface area (Å²) in [6.07, 6.45) is 10.6. The van der Waals surface area contributed by atoms with Crippen LogP contribution in [0.2, 0.25) is 0 Å². The van der Waals surface area contributed by atoms with Gasteiger partial charge in [-0.05, 0) is 63.2 Å². The molecular formula is C31H53LaO6. The monoisotopic (exact) mass is 660 g/mol. The number of carboxylic acid groups (broad SMARTS) is 3. The van der Waals surface area contributed by atoms with Crippen LogP contribution in [-0.2, 0) is 14.4 Å². The maximum absolute atomic E-state index is 10.3. The molecule has 0 N–H and O–H groups in total. The second-order valence-electron chi connectivity index (χ2n) is 9.35. The molecule has 1 rings (SSSR count). The van der Waals surface area contributed by atoms with Gasteiger partial charge in [0.2, 0.25) is 0 Å². The molecule has 1 aromatic carbocycles. The van der Waals surface area contributed by atoms with Crippen molar-refractivity contribution in [1.29, 1.82) is 0 Å². The minimum absolute atomic E-state index is 0. The van der Waals surface area contributed by atoms with Crippen molar-refractivity contribution in [2.24, 2.45) is 17.8 Å². The van der Waals surface area contributed by atoms with Crippen LogP contribution in [0.25, 0.3) is 0 Å². The molecule has 0 amide bonds. The molecule has 216 valence electrons. The average Bonchev–Trinajstić information content (AvgIpc) is 2.86. The van der Waals surface area contributed by atoms with Gasteiger partial charge >= 0.3 is 35.6 Å². The van der Waals surface area contributed by atoms with E-state index in [0.29, 0.717) is 19.3 Å². The largest absolute Gasteiger partial charge is 3.00 e. The molecule has 0 bridgehead atoms. The van der Waals surface area contributed by atoms with E-state index in [4.69, 9.17) is 0 Å². The Hall–Kier alpha value is -1.18. The molecule has 38 heavy (non-hydrogen) atoms. The molecule has 0 radical (unpaired) electrons. The van der Waals surface area contributed by atoms with Crippen molar-refractivity contribution in [1.82, 2.24) is 0 Å². The number of rotatable bonds is 15. The van der Waals surface area contributed by atoms with Gasteiger partial charge in [0, 0.05) is 17.9 Å². The summed E-state index contributed by atoms with van der Waals surface area (Å²) in [5, 5.41) is 31.0. The van der Waals surface area contributed by atoms with Crippen molar-refractivity contribution in [3.8, 4) is 0 Å². The van der Waals surface area contributed by atoms with Crippen molar-refractivity contribution >= 4 is 17.9 Å². The van der Waals surface area contributed by atoms with Crippen molar-refractivity contribution < 1.29 is 65.3 Å². The Labute approximate surface area is 261 Å². The molecule has 0 fully saturated rings. The van der Waals surface area contributed by atoms with E-state index in [9.17, 15) is 29.7 Å². The number of aryl methyl sites for hydroxylation is 1. The third kappa shape index (κ3) is 29.4. The minimum atomic E-state index is -0.893. The first-order valence-corrected chi connectivity index (χ1v) is 14.2. The standard InChI is InChI=1S/3C8H16O2.C7H8.La/c3*1-3-5-6-7(4-2)8(9)10;1-7-5-3-2-4-6-7;/h3*7H,3-6H2,1-2H3,(H,9,10);2-6H,1H3;/q;;;;+3/p-3. The average molecular weight is 661 g/mol. The van der Waals surface area contributed by atoms with Gasteiger partial charge in [0.15, 0.2) is 0 Å². The zero-order chi connectivity index (χ0) is 29.1. The zero-order valence-electron chi connectivity index (χ0n) is 25.1. The van der Waals surface area contributed by atoms with Gasteiger partial charge in [0.05, 0.1) is 0 Å². The fraction of sp³-hybridized carbons (Fsp3) is 0.710. The number of hydrogen-bond donors (Lipinski definition) is 0. The van der Waals surface area contributed by atoms with Crippen molar-refractivity contribution in [2.75, 3.05) is 0 Å². The maximum Gasteiger partial charge on any atom is 3.00 e. The summed E-state index contributed by atoms with van der Waals surface area (Å²) in [6, 6.07) is 10.3. The van der Waals surface area contributed by atoms with E-state index >= 15 is 0 Å². The summed E-state index contributed by atoms with van der Waals surface area (Å²) < 4.78 is 0. The number of carbonyl (C=O) groups excluding carboxylic acids is 3. The maximum atomic E-state index is 10.3. The summed E-state index contributed by atoms with van der Waals surface area (Å²) in [5.74, 6) is -3.34. The van der Waals surface area contributed by atoms with E-state index in [2.05, 4.69) is 39.8 Å². The first-order chi connectivity index (χ1) is 17.6. The second-order valence-corrected chi connectivity index (χ2v) is 9.35. The van der Waals surface area contributed by atoms with E-state index in [-0.39, 0.29) is 53.4 Å². The fourth-order valence-electron chi connectivity index (χ4n) is 3.35. The third-order valence-electron chi connectivity index (χ3n) is 6.14. The molecule has 1 aromatic rings. The summed E-state index contributed by atoms with van der Waals surface area (Å²) in [7, 11) is 0. The topological polar surface area (TPSA) is 120 Å². The number of unbranched alkanes of at least 4 members (excludes halogenated alkanes) is 3. The van der Waals surface area contributed by atoms with Crippen molar-refractivity contribution in [2.45, 2.75) is 126 Å². The van der Waals surface area contributed by atoms with E-state index in [1.807, 2.05) is 39.0 Å². The first-order valence-electron chi connectivity index (χ1n) is 14.2. The quantitative estimate of drug-likeness (QED) is 0.265.